The number of benzene rings is 1. The average Bonchev–Trinajstić information content (AvgIpc) is 2.52. The molecule has 1 N–H and O–H groups in total. The van der Waals surface area contributed by atoms with Crippen LogP contribution in [0.5, 0.6) is 0 Å². The Morgan fingerprint density at radius 1 is 1.16 bits per heavy atom. The van der Waals surface area contributed by atoms with Gasteiger partial charge in [-0.1, -0.05) is 30.3 Å². The van der Waals surface area contributed by atoms with Gasteiger partial charge < -0.3 is 14.7 Å². The van der Waals surface area contributed by atoms with Crippen molar-refractivity contribution in [3.63, 3.8) is 0 Å². The zero-order chi connectivity index (χ0) is 18.9. The summed E-state index contributed by atoms with van der Waals surface area (Å²) >= 11 is 0. The summed E-state index contributed by atoms with van der Waals surface area (Å²) in [4.78, 5) is 13.5. The van der Waals surface area contributed by atoms with Gasteiger partial charge in [0.05, 0.1) is 6.04 Å². The fraction of sp³-hybridized carbons (Fsp3) is 0.611. The molecule has 0 spiro atoms. The third kappa shape index (κ3) is 4.08. The minimum atomic E-state index is -4.93. The van der Waals surface area contributed by atoms with Crippen molar-refractivity contribution in [3.05, 3.63) is 35.9 Å². The van der Waals surface area contributed by atoms with E-state index in [-0.39, 0.29) is 18.5 Å². The first-order valence-corrected chi connectivity index (χ1v) is 8.31. The smallest absolute Gasteiger partial charge is 0.423 e. The van der Waals surface area contributed by atoms with Crippen LogP contribution in [0.3, 0.4) is 0 Å². The summed E-state index contributed by atoms with van der Waals surface area (Å²) in [6.07, 6.45) is -4.66. The summed E-state index contributed by atoms with van der Waals surface area (Å²) in [7, 11) is 0. The highest BCUT2D eigenvalue weighted by molar-refractivity contribution is 5.69. The zero-order valence-corrected chi connectivity index (χ0v) is 14.6. The maximum Gasteiger partial charge on any atom is 0.423 e. The molecule has 4 nitrogen and oxygen atoms in total. The molecule has 1 heterocycles. The van der Waals surface area contributed by atoms with E-state index in [1.54, 1.807) is 26.8 Å². The van der Waals surface area contributed by atoms with Crippen molar-refractivity contribution < 1.29 is 27.8 Å². The number of halogens is 3. The number of nitrogens with zero attached hydrogens (tertiary/aromatic N) is 1. The summed E-state index contributed by atoms with van der Waals surface area (Å²) in [5.74, 6) is 0. The second-order valence-corrected chi connectivity index (χ2v) is 7.32. The summed E-state index contributed by atoms with van der Waals surface area (Å²) < 4.78 is 47.0. The topological polar surface area (TPSA) is 49.8 Å². The Morgan fingerprint density at radius 3 is 2.28 bits per heavy atom. The second kappa shape index (κ2) is 6.86. The first-order valence-electron chi connectivity index (χ1n) is 8.31. The fourth-order valence-electron chi connectivity index (χ4n) is 3.14. The number of rotatable bonds is 2. The van der Waals surface area contributed by atoms with E-state index >= 15 is 0 Å². The first kappa shape index (κ1) is 19.6. The number of piperidine rings is 1. The molecule has 1 aromatic carbocycles. The number of likely N-dealkylation sites (tertiary alicyclic amines) is 1. The Hall–Kier alpha value is -1.76. The molecule has 0 saturated carbocycles. The van der Waals surface area contributed by atoms with Crippen LogP contribution < -0.4 is 0 Å². The predicted molar refractivity (Wildman–Crippen MR) is 87.0 cm³/mol. The lowest BCUT2D eigenvalue weighted by atomic mass is 9.80. The van der Waals surface area contributed by atoms with Crippen LogP contribution in [0.15, 0.2) is 30.3 Å². The van der Waals surface area contributed by atoms with Gasteiger partial charge in [0.25, 0.3) is 0 Å². The van der Waals surface area contributed by atoms with Crippen LogP contribution in [0, 0.1) is 0 Å². The van der Waals surface area contributed by atoms with Crippen molar-refractivity contribution >= 4 is 6.09 Å². The van der Waals surface area contributed by atoms with E-state index in [1.807, 2.05) is 0 Å². The predicted octanol–water partition coefficient (Wildman–Crippen LogP) is 4.23. The van der Waals surface area contributed by atoms with E-state index in [0.29, 0.717) is 12.8 Å². The molecule has 0 bridgehead atoms. The van der Waals surface area contributed by atoms with Crippen LogP contribution in [0.2, 0.25) is 0 Å². The summed E-state index contributed by atoms with van der Waals surface area (Å²) in [5.41, 5.74) is -4.25. The Labute approximate surface area is 145 Å². The van der Waals surface area contributed by atoms with Crippen LogP contribution in [-0.2, 0) is 10.3 Å². The van der Waals surface area contributed by atoms with Gasteiger partial charge in [-0.3, -0.25) is 0 Å². The van der Waals surface area contributed by atoms with Crippen molar-refractivity contribution in [2.45, 2.75) is 63.5 Å². The van der Waals surface area contributed by atoms with Crippen LogP contribution in [0.4, 0.5) is 18.0 Å². The Bertz CT molecular complexity index is 598. The molecule has 2 rings (SSSR count). The highest BCUT2D eigenvalue weighted by atomic mass is 19.4. The molecule has 1 aliphatic heterocycles. The van der Waals surface area contributed by atoms with Crippen molar-refractivity contribution in [1.82, 2.24) is 4.90 Å². The maximum atomic E-state index is 13.9. The third-order valence-corrected chi connectivity index (χ3v) is 4.26. The third-order valence-electron chi connectivity index (χ3n) is 4.26. The molecule has 25 heavy (non-hydrogen) atoms. The Morgan fingerprint density at radius 2 is 1.76 bits per heavy atom. The van der Waals surface area contributed by atoms with Gasteiger partial charge in [-0.25, -0.2) is 4.79 Å². The molecule has 1 fully saturated rings. The Kier molecular flexibility index (Phi) is 5.37. The van der Waals surface area contributed by atoms with Gasteiger partial charge >= 0.3 is 12.3 Å². The van der Waals surface area contributed by atoms with Gasteiger partial charge in [-0.05, 0) is 45.6 Å². The molecular weight excluding hydrogens is 335 g/mol. The molecular formula is C18H24F3NO3. The molecule has 0 radical (unpaired) electrons. The van der Waals surface area contributed by atoms with Gasteiger partial charge in [0.1, 0.15) is 5.60 Å². The highest BCUT2D eigenvalue weighted by Gasteiger charge is 2.62. The molecule has 1 aliphatic rings. The molecule has 0 aromatic heterocycles. The maximum absolute atomic E-state index is 13.9. The molecule has 2 atom stereocenters. The summed E-state index contributed by atoms with van der Waals surface area (Å²) in [6.45, 7) is 5.07. The number of carbonyl (C=O) groups excluding carboxylic acids is 1. The number of hydrogen-bond acceptors (Lipinski definition) is 3. The van der Waals surface area contributed by atoms with Crippen molar-refractivity contribution in [2.24, 2.45) is 0 Å². The van der Waals surface area contributed by atoms with Gasteiger partial charge in [-0.15, -0.1) is 0 Å². The minimum Gasteiger partial charge on any atom is -0.444 e. The van der Waals surface area contributed by atoms with Gasteiger partial charge in [0.2, 0.25) is 5.60 Å². The van der Waals surface area contributed by atoms with Crippen LogP contribution in [0.25, 0.3) is 0 Å². The molecule has 1 aromatic rings. The standard InChI is InChI=1S/C18H24F3NO3/c1-16(2,3)25-15(23)22-12-8-7-11-14(22)17(24,18(19,20)21)13-9-5-4-6-10-13/h4-6,9-10,14,24H,7-8,11-12H2,1-3H3/t14-,17+/m0/s1. The molecule has 7 heteroatoms. The normalized spacial score (nSPS) is 21.6. The van der Waals surface area contributed by atoms with Crippen molar-refractivity contribution in [3.8, 4) is 0 Å². The zero-order valence-electron chi connectivity index (χ0n) is 14.6. The molecule has 1 saturated heterocycles. The fourth-order valence-corrected chi connectivity index (χ4v) is 3.14. The summed E-state index contributed by atoms with van der Waals surface area (Å²) in [5, 5.41) is 10.8. The lowest BCUT2D eigenvalue weighted by Crippen LogP contribution is -2.61. The number of amides is 1. The molecule has 140 valence electrons. The second-order valence-electron chi connectivity index (χ2n) is 7.32. The van der Waals surface area contributed by atoms with E-state index in [2.05, 4.69) is 0 Å². The van der Waals surface area contributed by atoms with Crippen LogP contribution in [-0.4, -0.2) is 40.5 Å². The van der Waals surface area contributed by atoms with E-state index in [0.717, 1.165) is 4.90 Å². The number of aliphatic hydroxyl groups is 1. The lowest BCUT2D eigenvalue weighted by Gasteiger charge is -2.46. The number of carbonyl (C=O) groups is 1. The number of hydrogen-bond donors (Lipinski definition) is 1. The monoisotopic (exact) mass is 359 g/mol. The van der Waals surface area contributed by atoms with E-state index in [4.69, 9.17) is 4.74 Å². The number of ether oxygens (including phenoxy) is 1. The van der Waals surface area contributed by atoms with Crippen molar-refractivity contribution in [1.29, 1.82) is 0 Å². The van der Waals surface area contributed by atoms with E-state index in [9.17, 15) is 23.1 Å². The molecule has 1 amide bonds. The van der Waals surface area contributed by atoms with Gasteiger partial charge in [0, 0.05) is 6.54 Å². The quantitative estimate of drug-likeness (QED) is 0.860. The largest absolute Gasteiger partial charge is 0.444 e. The van der Waals surface area contributed by atoms with Gasteiger partial charge in [0.15, 0.2) is 0 Å². The van der Waals surface area contributed by atoms with Crippen LogP contribution in [0.1, 0.15) is 45.6 Å². The van der Waals surface area contributed by atoms with Gasteiger partial charge in [-0.2, -0.15) is 13.2 Å². The SMILES string of the molecule is CC(C)(C)OC(=O)N1CCCC[C@H]1[C@](O)(c1ccccc1)C(F)(F)F. The van der Waals surface area contributed by atoms with E-state index in [1.165, 1.54) is 24.3 Å². The summed E-state index contributed by atoms with van der Waals surface area (Å²) in [6, 6.07) is 5.48. The highest BCUT2D eigenvalue weighted by Crippen LogP contribution is 2.46. The molecule has 0 unspecified atom stereocenters. The van der Waals surface area contributed by atoms with E-state index < -0.39 is 29.5 Å². The first-order chi connectivity index (χ1) is 11.5. The Balaban J connectivity index is 2.45. The average molecular weight is 359 g/mol. The van der Waals surface area contributed by atoms with Crippen molar-refractivity contribution in [2.75, 3.05) is 6.54 Å². The number of alkyl halides is 3. The minimum absolute atomic E-state index is 0.0458. The van der Waals surface area contributed by atoms with Crippen LogP contribution >= 0.6 is 0 Å². The lowest BCUT2D eigenvalue weighted by molar-refractivity contribution is -0.289. The molecule has 0 aliphatic carbocycles.